The molecule has 5 rings (SSSR count). The Morgan fingerprint density at radius 3 is 2.44 bits per heavy atom. The van der Waals surface area contributed by atoms with Gasteiger partial charge in [0.05, 0.1) is 6.61 Å². The Balaban J connectivity index is 1.44. The number of halogens is 1. The molecular weight excluding hydrogens is 479 g/mol. The van der Waals surface area contributed by atoms with Crippen molar-refractivity contribution in [2.45, 2.75) is 49.8 Å². The monoisotopic (exact) mass is 512 g/mol. The molecule has 2 aliphatic rings. The molecule has 2 aromatic carbocycles. The minimum Gasteiger partial charge on any atom is -0.395 e. The second-order valence-electron chi connectivity index (χ2n) is 9.94. The average molecular weight is 513 g/mol. The SMILES string of the molecule is Cc1c(F)ccc(-c2ccc([C@H]3C4CN(S(=O)(=O)c5nccn5C)CCCCN4[C@@H]3CO)cc2)c1C. The van der Waals surface area contributed by atoms with E-state index in [1.807, 2.05) is 25.1 Å². The summed E-state index contributed by atoms with van der Waals surface area (Å²) in [6.07, 6.45) is 4.78. The smallest absolute Gasteiger partial charge is 0.277 e. The predicted octanol–water partition coefficient (Wildman–Crippen LogP) is 3.46. The van der Waals surface area contributed by atoms with Crippen LogP contribution in [0, 0.1) is 19.7 Å². The van der Waals surface area contributed by atoms with E-state index in [2.05, 4.69) is 22.0 Å². The lowest BCUT2D eigenvalue weighted by Crippen LogP contribution is -2.67. The van der Waals surface area contributed by atoms with Crippen molar-refractivity contribution in [3.05, 3.63) is 71.3 Å². The highest BCUT2D eigenvalue weighted by Crippen LogP contribution is 2.43. The van der Waals surface area contributed by atoms with E-state index >= 15 is 0 Å². The first-order valence-electron chi connectivity index (χ1n) is 12.4. The van der Waals surface area contributed by atoms with Crippen LogP contribution < -0.4 is 0 Å². The summed E-state index contributed by atoms with van der Waals surface area (Å²) in [6, 6.07) is 11.4. The van der Waals surface area contributed by atoms with Crippen LogP contribution in [-0.4, -0.2) is 70.6 Å². The Hall–Kier alpha value is -2.59. The maximum absolute atomic E-state index is 13.9. The molecule has 3 atom stereocenters. The lowest BCUT2D eigenvalue weighted by molar-refractivity contribution is -0.0554. The predicted molar refractivity (Wildman–Crippen MR) is 137 cm³/mol. The van der Waals surface area contributed by atoms with Gasteiger partial charge in [0, 0.05) is 50.5 Å². The number of imidazole rings is 1. The molecule has 2 fully saturated rings. The van der Waals surface area contributed by atoms with E-state index in [1.54, 1.807) is 29.0 Å². The van der Waals surface area contributed by atoms with Crippen LogP contribution in [0.15, 0.2) is 53.9 Å². The van der Waals surface area contributed by atoms with Gasteiger partial charge in [0.2, 0.25) is 5.16 Å². The quantitative estimate of drug-likeness (QED) is 0.567. The zero-order chi connectivity index (χ0) is 25.6. The van der Waals surface area contributed by atoms with Gasteiger partial charge in [0.1, 0.15) is 5.82 Å². The second-order valence-corrected chi connectivity index (χ2v) is 11.8. The molecule has 36 heavy (non-hydrogen) atoms. The number of aromatic nitrogens is 2. The molecule has 3 heterocycles. The molecule has 9 heteroatoms. The van der Waals surface area contributed by atoms with Crippen LogP contribution >= 0.6 is 0 Å². The van der Waals surface area contributed by atoms with Gasteiger partial charge in [0.25, 0.3) is 10.0 Å². The van der Waals surface area contributed by atoms with Gasteiger partial charge in [-0.3, -0.25) is 4.90 Å². The summed E-state index contributed by atoms with van der Waals surface area (Å²) in [5, 5.41) is 10.3. The lowest BCUT2D eigenvalue weighted by atomic mass is 9.74. The molecule has 2 saturated heterocycles. The number of hydrogen-bond donors (Lipinski definition) is 1. The van der Waals surface area contributed by atoms with Crippen LogP contribution in [0.4, 0.5) is 4.39 Å². The highest BCUT2D eigenvalue weighted by Gasteiger charge is 2.50. The molecule has 2 aliphatic heterocycles. The lowest BCUT2D eigenvalue weighted by Gasteiger charge is -2.57. The minimum absolute atomic E-state index is 0.0114. The summed E-state index contributed by atoms with van der Waals surface area (Å²) in [7, 11) is -2.04. The molecule has 0 bridgehead atoms. The number of aliphatic hydroxyl groups excluding tert-OH is 1. The fourth-order valence-electron chi connectivity index (χ4n) is 5.83. The van der Waals surface area contributed by atoms with E-state index in [0.717, 1.165) is 41.6 Å². The molecule has 0 spiro atoms. The van der Waals surface area contributed by atoms with E-state index < -0.39 is 10.0 Å². The highest BCUT2D eigenvalue weighted by atomic mass is 32.2. The van der Waals surface area contributed by atoms with Crippen molar-refractivity contribution in [1.29, 1.82) is 0 Å². The number of fused-ring (bicyclic) bond motifs is 1. The molecule has 0 saturated carbocycles. The number of aliphatic hydroxyl groups is 1. The zero-order valence-corrected chi connectivity index (χ0v) is 21.7. The Labute approximate surface area is 212 Å². The van der Waals surface area contributed by atoms with Gasteiger partial charge in [0.15, 0.2) is 0 Å². The van der Waals surface area contributed by atoms with Crippen molar-refractivity contribution in [3.8, 4) is 11.1 Å². The van der Waals surface area contributed by atoms with Crippen LogP contribution in [0.3, 0.4) is 0 Å². The van der Waals surface area contributed by atoms with Gasteiger partial charge in [-0.2, -0.15) is 4.31 Å². The summed E-state index contributed by atoms with van der Waals surface area (Å²) in [6.45, 7) is 5.39. The van der Waals surface area contributed by atoms with Gasteiger partial charge in [-0.1, -0.05) is 30.3 Å². The third-order valence-electron chi connectivity index (χ3n) is 8.01. The molecule has 7 nitrogen and oxygen atoms in total. The molecule has 0 aliphatic carbocycles. The van der Waals surface area contributed by atoms with Crippen LogP contribution in [0.2, 0.25) is 0 Å². The molecule has 1 aromatic heterocycles. The van der Waals surface area contributed by atoms with Crippen molar-refractivity contribution in [1.82, 2.24) is 18.8 Å². The summed E-state index contributed by atoms with van der Waals surface area (Å²) in [5.41, 5.74) is 4.64. The summed E-state index contributed by atoms with van der Waals surface area (Å²) >= 11 is 0. The number of benzene rings is 2. The maximum atomic E-state index is 13.9. The third-order valence-corrected chi connectivity index (χ3v) is 9.87. The average Bonchev–Trinajstić information content (AvgIpc) is 3.29. The van der Waals surface area contributed by atoms with Gasteiger partial charge >= 0.3 is 0 Å². The zero-order valence-electron chi connectivity index (χ0n) is 20.9. The first-order valence-corrected chi connectivity index (χ1v) is 13.9. The van der Waals surface area contributed by atoms with Gasteiger partial charge in [-0.15, -0.1) is 0 Å². The summed E-state index contributed by atoms with van der Waals surface area (Å²) < 4.78 is 43.9. The van der Waals surface area contributed by atoms with Crippen LogP contribution in [0.1, 0.15) is 35.4 Å². The molecule has 1 unspecified atom stereocenters. The Morgan fingerprint density at radius 2 is 1.78 bits per heavy atom. The fourth-order valence-corrected chi connectivity index (χ4v) is 7.40. The number of aryl methyl sites for hydroxylation is 1. The standard InChI is InChI=1S/C27H33FN4O3S/c1-18-19(2)23(28)11-10-22(18)20-6-8-21(9-7-20)26-24-16-31(13-4-5-14-32(24)25(26)17-33)36(34,35)27-29-12-15-30(27)3/h6-12,15,24-26,33H,4-5,13-14,16-17H2,1-3H3/t24?,25-,26+/m1/s1. The van der Waals surface area contributed by atoms with Crippen molar-refractivity contribution in [2.75, 3.05) is 26.2 Å². The Morgan fingerprint density at radius 1 is 1.06 bits per heavy atom. The third kappa shape index (κ3) is 4.18. The maximum Gasteiger partial charge on any atom is 0.277 e. The van der Waals surface area contributed by atoms with Gasteiger partial charge in [-0.05, 0) is 67.1 Å². The summed E-state index contributed by atoms with van der Waals surface area (Å²) in [5.74, 6) is -0.195. The van der Waals surface area contributed by atoms with E-state index in [1.165, 1.54) is 12.3 Å². The second kappa shape index (κ2) is 9.70. The number of rotatable bonds is 5. The number of nitrogens with zero attached hydrogens (tertiary/aromatic N) is 4. The van der Waals surface area contributed by atoms with Gasteiger partial charge < -0.3 is 9.67 Å². The van der Waals surface area contributed by atoms with Crippen LogP contribution in [-0.2, 0) is 17.1 Å². The first kappa shape index (κ1) is 25.1. The molecule has 1 N–H and O–H groups in total. The minimum atomic E-state index is -3.73. The number of sulfonamides is 1. The van der Waals surface area contributed by atoms with Crippen molar-refractivity contribution in [2.24, 2.45) is 7.05 Å². The highest BCUT2D eigenvalue weighted by molar-refractivity contribution is 7.89. The van der Waals surface area contributed by atoms with Crippen LogP contribution in [0.25, 0.3) is 11.1 Å². The fraction of sp³-hybridized carbons (Fsp3) is 0.444. The first-order chi connectivity index (χ1) is 17.2. The molecule has 192 valence electrons. The van der Waals surface area contributed by atoms with E-state index in [9.17, 15) is 17.9 Å². The molecule has 0 amide bonds. The van der Waals surface area contributed by atoms with E-state index in [0.29, 0.717) is 18.7 Å². The van der Waals surface area contributed by atoms with Crippen molar-refractivity contribution >= 4 is 10.0 Å². The summed E-state index contributed by atoms with van der Waals surface area (Å²) in [4.78, 5) is 6.36. The van der Waals surface area contributed by atoms with Crippen molar-refractivity contribution in [3.63, 3.8) is 0 Å². The normalized spacial score (nSPS) is 23.5. The van der Waals surface area contributed by atoms with Crippen molar-refractivity contribution < 1.29 is 17.9 Å². The molecule has 0 radical (unpaired) electrons. The molecular formula is C27H33FN4O3S. The Bertz CT molecular complexity index is 1360. The molecule has 3 aromatic rings. The van der Waals surface area contributed by atoms with E-state index in [4.69, 9.17) is 0 Å². The van der Waals surface area contributed by atoms with Gasteiger partial charge in [-0.25, -0.2) is 17.8 Å². The van der Waals surface area contributed by atoms with E-state index in [-0.39, 0.29) is 35.6 Å². The number of hydrogen-bond acceptors (Lipinski definition) is 5. The largest absolute Gasteiger partial charge is 0.395 e. The topological polar surface area (TPSA) is 78.7 Å². The van der Waals surface area contributed by atoms with Crippen LogP contribution in [0.5, 0.6) is 0 Å². The Kier molecular flexibility index (Phi) is 6.76.